The van der Waals surface area contributed by atoms with Crippen LogP contribution in [-0.2, 0) is 14.3 Å². The minimum Gasteiger partial charge on any atom is -0.432 e. The molecule has 0 radical (unpaired) electrons. The summed E-state index contributed by atoms with van der Waals surface area (Å²) in [4.78, 5) is 12.1. The summed E-state index contributed by atoms with van der Waals surface area (Å²) in [5, 5.41) is 0. The van der Waals surface area contributed by atoms with E-state index in [-0.39, 0.29) is 5.97 Å². The Labute approximate surface area is 152 Å². The molecular formula is C22H34O3. The lowest BCUT2D eigenvalue weighted by Gasteiger charge is -2.58. The molecule has 25 heavy (non-hydrogen) atoms. The molecule has 0 aromatic heterocycles. The van der Waals surface area contributed by atoms with E-state index in [4.69, 9.17) is 9.47 Å². The molecule has 3 fully saturated rings. The third-order valence-corrected chi connectivity index (χ3v) is 7.16. The maximum absolute atomic E-state index is 12.1. The van der Waals surface area contributed by atoms with Gasteiger partial charge in [-0.3, -0.25) is 0 Å². The van der Waals surface area contributed by atoms with Gasteiger partial charge in [-0.1, -0.05) is 45.4 Å². The van der Waals surface area contributed by atoms with Crippen molar-refractivity contribution < 1.29 is 14.3 Å². The van der Waals surface area contributed by atoms with Crippen molar-refractivity contribution in [2.75, 3.05) is 6.61 Å². The summed E-state index contributed by atoms with van der Waals surface area (Å²) < 4.78 is 10.7. The number of allylic oxidation sites excluding steroid dienone is 2. The van der Waals surface area contributed by atoms with Gasteiger partial charge in [0, 0.05) is 18.6 Å². The van der Waals surface area contributed by atoms with Crippen LogP contribution in [0.3, 0.4) is 0 Å². The van der Waals surface area contributed by atoms with Crippen molar-refractivity contribution in [2.45, 2.75) is 78.9 Å². The van der Waals surface area contributed by atoms with E-state index in [1.54, 1.807) is 0 Å². The van der Waals surface area contributed by atoms with Crippen LogP contribution in [0.4, 0.5) is 0 Å². The van der Waals surface area contributed by atoms with Gasteiger partial charge in [-0.2, -0.15) is 0 Å². The lowest BCUT2D eigenvalue weighted by molar-refractivity contribution is -0.160. The number of cyclic esters (lactones) is 1. The normalized spacial score (nSPS) is 39.4. The third kappa shape index (κ3) is 3.45. The molecule has 3 nitrogen and oxygen atoms in total. The molecule has 2 saturated carbocycles. The average molecular weight is 347 g/mol. The van der Waals surface area contributed by atoms with Gasteiger partial charge in [-0.05, 0) is 61.7 Å². The van der Waals surface area contributed by atoms with Crippen molar-refractivity contribution in [3.63, 3.8) is 0 Å². The highest BCUT2D eigenvalue weighted by molar-refractivity contribution is 5.90. The molecule has 0 aromatic rings. The van der Waals surface area contributed by atoms with Gasteiger partial charge in [0.1, 0.15) is 0 Å². The van der Waals surface area contributed by atoms with E-state index in [0.717, 1.165) is 24.3 Å². The van der Waals surface area contributed by atoms with Gasteiger partial charge >= 0.3 is 5.97 Å². The molecule has 0 aromatic carbocycles. The summed E-state index contributed by atoms with van der Waals surface area (Å²) in [6, 6.07) is 0. The third-order valence-electron chi connectivity index (χ3n) is 7.16. The first-order valence-electron chi connectivity index (χ1n) is 9.97. The Bertz CT molecular complexity index is 574. The smallest absolute Gasteiger partial charge is 0.336 e. The van der Waals surface area contributed by atoms with Crippen molar-refractivity contribution in [1.29, 1.82) is 0 Å². The average Bonchev–Trinajstić information content (AvgIpc) is 2.86. The van der Waals surface area contributed by atoms with Crippen molar-refractivity contribution in [3.8, 4) is 0 Å². The second-order valence-corrected chi connectivity index (χ2v) is 9.11. The number of esters is 1. The highest BCUT2D eigenvalue weighted by Crippen LogP contribution is 2.61. The molecule has 3 heteroatoms. The Morgan fingerprint density at radius 3 is 2.80 bits per heavy atom. The summed E-state index contributed by atoms with van der Waals surface area (Å²) in [6.45, 7) is 14.3. The summed E-state index contributed by atoms with van der Waals surface area (Å²) in [6.07, 6.45) is 9.52. The molecule has 1 saturated heterocycles. The number of rotatable bonds is 4. The maximum Gasteiger partial charge on any atom is 0.336 e. The number of hydrogen-bond donors (Lipinski definition) is 0. The largest absolute Gasteiger partial charge is 0.432 e. The predicted molar refractivity (Wildman–Crippen MR) is 99.9 cm³/mol. The predicted octanol–water partition coefficient (Wildman–Crippen LogP) is 5.41. The highest BCUT2D eigenvalue weighted by atomic mass is 16.7. The lowest BCUT2D eigenvalue weighted by Crippen LogP contribution is -2.49. The fraction of sp³-hybridized carbons (Fsp3) is 0.773. The number of fused-ring (bicyclic) bond motifs is 1. The van der Waals surface area contributed by atoms with E-state index in [2.05, 4.69) is 33.4 Å². The number of ether oxygens (including phenoxy) is 2. The molecule has 0 amide bonds. The summed E-state index contributed by atoms with van der Waals surface area (Å²) >= 11 is 0. The monoisotopic (exact) mass is 346 g/mol. The maximum atomic E-state index is 12.1. The van der Waals surface area contributed by atoms with Crippen LogP contribution >= 0.6 is 0 Å². The van der Waals surface area contributed by atoms with Crippen LogP contribution in [0.1, 0.15) is 72.6 Å². The SMILES string of the molecule is C=C1CCC2C(C)(C)CCCC2(C)C1CC=C1CC(OCC)OC1=O. The zero-order valence-corrected chi connectivity index (χ0v) is 16.4. The molecule has 3 rings (SSSR count). The Morgan fingerprint density at radius 2 is 2.08 bits per heavy atom. The lowest BCUT2D eigenvalue weighted by atomic mass is 9.47. The van der Waals surface area contributed by atoms with Gasteiger partial charge in [0.15, 0.2) is 0 Å². The van der Waals surface area contributed by atoms with Crippen LogP contribution in [0.5, 0.6) is 0 Å². The fourth-order valence-electron chi connectivity index (χ4n) is 5.91. The highest BCUT2D eigenvalue weighted by Gasteiger charge is 2.52. The Hall–Kier alpha value is -1.09. The number of carbonyl (C=O) groups is 1. The van der Waals surface area contributed by atoms with Gasteiger partial charge in [0.2, 0.25) is 6.29 Å². The van der Waals surface area contributed by atoms with Crippen LogP contribution in [0.2, 0.25) is 0 Å². The minimum absolute atomic E-state index is 0.203. The second kappa shape index (κ2) is 6.90. The summed E-state index contributed by atoms with van der Waals surface area (Å²) in [5.41, 5.74) is 2.87. The van der Waals surface area contributed by atoms with Crippen LogP contribution in [0.25, 0.3) is 0 Å². The molecule has 4 atom stereocenters. The van der Waals surface area contributed by atoms with Crippen LogP contribution in [0, 0.1) is 22.7 Å². The van der Waals surface area contributed by atoms with Gasteiger partial charge in [0.25, 0.3) is 0 Å². The van der Waals surface area contributed by atoms with Crippen molar-refractivity contribution in [2.24, 2.45) is 22.7 Å². The van der Waals surface area contributed by atoms with E-state index in [1.165, 1.54) is 31.3 Å². The Balaban J connectivity index is 1.77. The summed E-state index contributed by atoms with van der Waals surface area (Å²) in [7, 11) is 0. The number of carbonyl (C=O) groups excluding carboxylic acids is 1. The molecule has 1 heterocycles. The fourth-order valence-corrected chi connectivity index (χ4v) is 5.91. The van der Waals surface area contributed by atoms with E-state index >= 15 is 0 Å². The molecule has 2 aliphatic carbocycles. The molecule has 140 valence electrons. The zero-order chi connectivity index (χ0) is 18.2. The molecule has 0 bridgehead atoms. The molecule has 3 aliphatic rings. The molecule has 4 unspecified atom stereocenters. The standard InChI is InChI=1S/C22H34O3/c1-6-24-19-14-16(20(23)25-19)9-10-17-15(2)8-11-18-21(3,4)12-7-13-22(17,18)5/h9,17-19H,2,6-8,10-14H2,1,3-5H3. The first-order valence-corrected chi connectivity index (χ1v) is 9.97. The van der Waals surface area contributed by atoms with Crippen LogP contribution in [0.15, 0.2) is 23.8 Å². The first kappa shape index (κ1) is 18.7. The van der Waals surface area contributed by atoms with Crippen molar-refractivity contribution in [1.82, 2.24) is 0 Å². The van der Waals surface area contributed by atoms with E-state index in [1.807, 2.05) is 6.92 Å². The quantitative estimate of drug-likeness (QED) is 0.388. The zero-order valence-electron chi connectivity index (χ0n) is 16.4. The second-order valence-electron chi connectivity index (χ2n) is 9.11. The van der Waals surface area contributed by atoms with Gasteiger partial charge in [0.05, 0.1) is 0 Å². The number of hydrogen-bond acceptors (Lipinski definition) is 3. The molecule has 0 N–H and O–H groups in total. The van der Waals surface area contributed by atoms with Crippen molar-refractivity contribution >= 4 is 5.97 Å². The van der Waals surface area contributed by atoms with E-state index in [9.17, 15) is 4.79 Å². The van der Waals surface area contributed by atoms with E-state index < -0.39 is 6.29 Å². The topological polar surface area (TPSA) is 35.5 Å². The van der Waals surface area contributed by atoms with Gasteiger partial charge < -0.3 is 9.47 Å². The van der Waals surface area contributed by atoms with Crippen molar-refractivity contribution in [3.05, 3.63) is 23.8 Å². The Morgan fingerprint density at radius 1 is 1.32 bits per heavy atom. The molecule has 1 aliphatic heterocycles. The van der Waals surface area contributed by atoms with E-state index in [0.29, 0.717) is 29.8 Å². The van der Waals surface area contributed by atoms with Crippen LogP contribution in [-0.4, -0.2) is 18.9 Å². The Kier molecular flexibility index (Phi) is 5.16. The molecular weight excluding hydrogens is 312 g/mol. The van der Waals surface area contributed by atoms with Gasteiger partial charge in [-0.15, -0.1) is 0 Å². The molecule has 0 spiro atoms. The van der Waals surface area contributed by atoms with Crippen LogP contribution < -0.4 is 0 Å². The summed E-state index contributed by atoms with van der Waals surface area (Å²) in [5.74, 6) is 1.01. The first-order chi connectivity index (χ1) is 11.8. The minimum atomic E-state index is -0.393. The van der Waals surface area contributed by atoms with Gasteiger partial charge in [-0.25, -0.2) is 4.79 Å².